The molecular formula is C13H10N2OS. The number of benzene rings is 1. The first-order valence-electron chi connectivity index (χ1n) is 5.30. The molecule has 0 N–H and O–H groups in total. The number of hydrogen-bond acceptors (Lipinski definition) is 3. The van der Waals surface area contributed by atoms with Gasteiger partial charge in [0.1, 0.15) is 5.01 Å². The zero-order chi connectivity index (χ0) is 11.7. The predicted molar refractivity (Wildman–Crippen MR) is 68.5 cm³/mol. The maximum atomic E-state index is 11.0. The number of rotatable bonds is 3. The average Bonchev–Trinajstić information content (AvgIpc) is 2.99. The molecule has 0 aliphatic heterocycles. The van der Waals surface area contributed by atoms with Crippen LogP contribution in [0.15, 0.2) is 42.0 Å². The van der Waals surface area contributed by atoms with Crippen LogP contribution in [0.5, 0.6) is 0 Å². The van der Waals surface area contributed by atoms with Gasteiger partial charge in [-0.15, -0.1) is 11.3 Å². The van der Waals surface area contributed by atoms with Gasteiger partial charge in [-0.25, -0.2) is 4.98 Å². The van der Waals surface area contributed by atoms with Gasteiger partial charge in [-0.1, -0.05) is 12.1 Å². The van der Waals surface area contributed by atoms with Crippen LogP contribution in [-0.4, -0.2) is 15.8 Å². The topological polar surface area (TPSA) is 34.9 Å². The molecule has 0 atom stereocenters. The molecule has 4 heteroatoms. The molecule has 2 heterocycles. The van der Waals surface area contributed by atoms with E-state index in [1.54, 1.807) is 17.5 Å². The van der Waals surface area contributed by atoms with Gasteiger partial charge in [-0.2, -0.15) is 0 Å². The third-order valence-corrected chi connectivity index (χ3v) is 3.50. The summed E-state index contributed by atoms with van der Waals surface area (Å²) in [6.07, 6.45) is 4.70. The zero-order valence-corrected chi connectivity index (χ0v) is 9.85. The number of aromatic nitrogens is 2. The van der Waals surface area contributed by atoms with Crippen LogP contribution in [0.1, 0.15) is 15.4 Å². The number of aldehydes is 1. The fourth-order valence-corrected chi connectivity index (χ4v) is 2.61. The summed E-state index contributed by atoms with van der Waals surface area (Å²) in [4.78, 5) is 15.3. The molecule has 0 unspecified atom stereocenters. The van der Waals surface area contributed by atoms with Crippen LogP contribution in [0, 0.1) is 0 Å². The number of hydrogen-bond donors (Lipinski definition) is 0. The highest BCUT2D eigenvalue weighted by Gasteiger charge is 2.07. The molecule has 0 aliphatic rings. The molecule has 0 fully saturated rings. The minimum Gasteiger partial charge on any atom is -0.340 e. The first-order valence-corrected chi connectivity index (χ1v) is 6.18. The van der Waals surface area contributed by atoms with Crippen LogP contribution in [0.2, 0.25) is 0 Å². The van der Waals surface area contributed by atoms with Gasteiger partial charge in [-0.3, -0.25) is 4.79 Å². The molecule has 0 amide bonds. The van der Waals surface area contributed by atoms with E-state index in [1.807, 2.05) is 35.8 Å². The molecule has 0 radical (unpaired) electrons. The van der Waals surface area contributed by atoms with Gasteiger partial charge in [0.2, 0.25) is 0 Å². The van der Waals surface area contributed by atoms with Crippen LogP contribution < -0.4 is 0 Å². The second-order valence-electron chi connectivity index (χ2n) is 3.77. The lowest BCUT2D eigenvalue weighted by Crippen LogP contribution is -1.99. The summed E-state index contributed by atoms with van der Waals surface area (Å²) in [5, 5.41) is 4.09. The summed E-state index contributed by atoms with van der Waals surface area (Å²) >= 11 is 1.62. The summed E-state index contributed by atoms with van der Waals surface area (Å²) in [5.74, 6) is 0. The quantitative estimate of drug-likeness (QED) is 0.662. The molecule has 1 aromatic carbocycles. The van der Waals surface area contributed by atoms with E-state index >= 15 is 0 Å². The van der Waals surface area contributed by atoms with Gasteiger partial charge >= 0.3 is 0 Å². The molecular weight excluding hydrogens is 232 g/mol. The summed E-state index contributed by atoms with van der Waals surface area (Å²) in [6.45, 7) is 0.714. The van der Waals surface area contributed by atoms with E-state index in [1.165, 1.54) is 0 Å². The van der Waals surface area contributed by atoms with Crippen molar-refractivity contribution in [1.29, 1.82) is 0 Å². The molecule has 17 heavy (non-hydrogen) atoms. The molecule has 2 aromatic heterocycles. The summed E-state index contributed by atoms with van der Waals surface area (Å²) in [7, 11) is 0. The Hall–Kier alpha value is -1.94. The molecule has 3 rings (SSSR count). The second kappa shape index (κ2) is 4.14. The van der Waals surface area contributed by atoms with Crippen LogP contribution in [0.25, 0.3) is 10.9 Å². The van der Waals surface area contributed by atoms with Crippen LogP contribution in [0.4, 0.5) is 0 Å². The predicted octanol–water partition coefficient (Wildman–Crippen LogP) is 2.96. The van der Waals surface area contributed by atoms with Crippen molar-refractivity contribution in [3.63, 3.8) is 0 Å². The molecule has 0 aliphatic carbocycles. The number of fused-ring (bicyclic) bond motifs is 1. The largest absolute Gasteiger partial charge is 0.340 e. The van der Waals surface area contributed by atoms with Crippen molar-refractivity contribution < 1.29 is 4.79 Å². The summed E-state index contributed by atoms with van der Waals surface area (Å²) < 4.78 is 2.07. The van der Waals surface area contributed by atoms with E-state index in [0.29, 0.717) is 6.54 Å². The van der Waals surface area contributed by atoms with Crippen molar-refractivity contribution in [2.24, 2.45) is 0 Å². The highest BCUT2D eigenvalue weighted by atomic mass is 32.1. The normalized spacial score (nSPS) is 10.8. The Morgan fingerprint density at radius 1 is 1.35 bits per heavy atom. The lowest BCUT2D eigenvalue weighted by Gasteiger charge is -2.04. The SMILES string of the molecule is O=Cc1cccc2ccn(Cc3nccs3)c12. The Morgan fingerprint density at radius 3 is 3.06 bits per heavy atom. The van der Waals surface area contributed by atoms with E-state index in [4.69, 9.17) is 0 Å². The highest BCUT2D eigenvalue weighted by molar-refractivity contribution is 7.09. The number of para-hydroxylation sites is 1. The molecule has 84 valence electrons. The Balaban J connectivity index is 2.13. The van der Waals surface area contributed by atoms with Crippen molar-refractivity contribution >= 4 is 28.5 Å². The minimum absolute atomic E-state index is 0.714. The maximum Gasteiger partial charge on any atom is 0.152 e. The van der Waals surface area contributed by atoms with E-state index in [0.717, 1.165) is 27.8 Å². The maximum absolute atomic E-state index is 11.0. The summed E-state index contributed by atoms with van der Waals surface area (Å²) in [5.41, 5.74) is 1.71. The number of nitrogens with zero attached hydrogens (tertiary/aromatic N) is 2. The molecule has 3 nitrogen and oxygen atoms in total. The Labute approximate surface area is 102 Å². The molecule has 0 saturated heterocycles. The molecule has 0 bridgehead atoms. The van der Waals surface area contributed by atoms with Crippen molar-refractivity contribution in [2.45, 2.75) is 6.54 Å². The highest BCUT2D eigenvalue weighted by Crippen LogP contribution is 2.20. The Bertz CT molecular complexity index is 655. The van der Waals surface area contributed by atoms with Gasteiger partial charge in [0, 0.05) is 28.7 Å². The van der Waals surface area contributed by atoms with E-state index < -0.39 is 0 Å². The lowest BCUT2D eigenvalue weighted by molar-refractivity contribution is 0.112. The van der Waals surface area contributed by atoms with Gasteiger partial charge in [0.15, 0.2) is 6.29 Å². The Kier molecular flexibility index (Phi) is 2.49. The number of carbonyl (C=O) groups excluding carboxylic acids is 1. The fraction of sp³-hybridized carbons (Fsp3) is 0.0769. The van der Waals surface area contributed by atoms with Gasteiger partial charge < -0.3 is 4.57 Å². The van der Waals surface area contributed by atoms with Gasteiger partial charge in [-0.05, 0) is 12.1 Å². The van der Waals surface area contributed by atoms with Crippen molar-refractivity contribution in [3.8, 4) is 0 Å². The van der Waals surface area contributed by atoms with Crippen LogP contribution in [0.3, 0.4) is 0 Å². The van der Waals surface area contributed by atoms with E-state index in [2.05, 4.69) is 9.55 Å². The third kappa shape index (κ3) is 1.76. The van der Waals surface area contributed by atoms with E-state index in [9.17, 15) is 4.79 Å². The van der Waals surface area contributed by atoms with Gasteiger partial charge in [0.25, 0.3) is 0 Å². The zero-order valence-electron chi connectivity index (χ0n) is 9.04. The third-order valence-electron chi connectivity index (χ3n) is 2.74. The van der Waals surface area contributed by atoms with Crippen LogP contribution >= 0.6 is 11.3 Å². The van der Waals surface area contributed by atoms with Gasteiger partial charge in [0.05, 0.1) is 12.1 Å². The smallest absolute Gasteiger partial charge is 0.152 e. The first kappa shape index (κ1) is 10.2. The Morgan fingerprint density at radius 2 is 2.29 bits per heavy atom. The standard InChI is InChI=1S/C13H10N2OS/c16-9-11-3-1-2-10-4-6-15(13(10)11)8-12-14-5-7-17-12/h1-7,9H,8H2. The number of carbonyl (C=O) groups is 1. The number of thiazole rings is 1. The van der Waals surface area contributed by atoms with Crippen LogP contribution in [-0.2, 0) is 6.54 Å². The van der Waals surface area contributed by atoms with Crippen molar-refractivity contribution in [2.75, 3.05) is 0 Å². The lowest BCUT2D eigenvalue weighted by atomic mass is 10.1. The fourth-order valence-electron chi connectivity index (χ4n) is 1.99. The summed E-state index contributed by atoms with van der Waals surface area (Å²) in [6, 6.07) is 7.78. The average molecular weight is 242 g/mol. The monoisotopic (exact) mass is 242 g/mol. The van der Waals surface area contributed by atoms with Crippen molar-refractivity contribution in [3.05, 3.63) is 52.6 Å². The molecule has 0 spiro atoms. The second-order valence-corrected chi connectivity index (χ2v) is 4.75. The first-order chi connectivity index (χ1) is 8.38. The minimum atomic E-state index is 0.714. The molecule has 0 saturated carbocycles. The van der Waals surface area contributed by atoms with Crippen molar-refractivity contribution in [1.82, 2.24) is 9.55 Å². The molecule has 3 aromatic rings. The van der Waals surface area contributed by atoms with E-state index in [-0.39, 0.29) is 0 Å².